The van der Waals surface area contributed by atoms with Gasteiger partial charge in [0, 0.05) is 52.1 Å². The van der Waals surface area contributed by atoms with Crippen LogP contribution in [0.2, 0.25) is 0 Å². The van der Waals surface area contributed by atoms with Crippen LogP contribution in [0.5, 0.6) is 0 Å². The number of hydrogen-bond donors (Lipinski definition) is 1. The second-order valence-corrected chi connectivity index (χ2v) is 10.8. The van der Waals surface area contributed by atoms with Crippen molar-refractivity contribution in [3.8, 4) is 0 Å². The van der Waals surface area contributed by atoms with Gasteiger partial charge in [0.2, 0.25) is 15.9 Å². The number of aromatic nitrogens is 2. The maximum atomic E-state index is 12.8. The first-order chi connectivity index (χ1) is 15.8. The largest absolute Gasteiger partial charge is 0.353 e. The third-order valence-corrected chi connectivity index (χ3v) is 8.69. The monoisotopic (exact) mass is 477 g/mol. The van der Waals surface area contributed by atoms with Gasteiger partial charge >= 0.3 is 0 Å². The number of fused-ring (bicyclic) bond motifs is 1. The van der Waals surface area contributed by atoms with Gasteiger partial charge in [-0.2, -0.15) is 4.31 Å². The molecule has 1 fully saturated rings. The number of nitrogens with one attached hydrogen (secondary N) is 1. The topological polar surface area (TPSA) is 87.5 Å². The fourth-order valence-corrected chi connectivity index (χ4v) is 6.01. The van der Waals surface area contributed by atoms with Crippen molar-refractivity contribution in [2.75, 3.05) is 32.7 Å². The van der Waals surface area contributed by atoms with E-state index in [0.717, 1.165) is 43.8 Å². The zero-order chi connectivity index (χ0) is 24.0. The number of likely N-dealkylation sites (tertiary alicyclic amines) is 1. The molecule has 2 aromatic rings. The van der Waals surface area contributed by atoms with Crippen molar-refractivity contribution in [3.05, 3.63) is 24.0 Å². The van der Waals surface area contributed by atoms with Crippen LogP contribution in [0.25, 0.3) is 11.0 Å². The van der Waals surface area contributed by atoms with Crippen molar-refractivity contribution >= 4 is 27.0 Å². The Morgan fingerprint density at radius 1 is 1.18 bits per heavy atom. The highest BCUT2D eigenvalue weighted by atomic mass is 32.2. The van der Waals surface area contributed by atoms with Gasteiger partial charge in [-0.05, 0) is 44.0 Å². The number of carbonyl (C=O) groups is 1. The van der Waals surface area contributed by atoms with E-state index in [1.54, 1.807) is 18.2 Å². The average molecular weight is 478 g/mol. The van der Waals surface area contributed by atoms with Gasteiger partial charge < -0.3 is 14.8 Å². The molecule has 1 aromatic heterocycles. The molecule has 2 heterocycles. The first-order valence-corrected chi connectivity index (χ1v) is 13.7. The molecule has 0 saturated carbocycles. The summed E-state index contributed by atoms with van der Waals surface area (Å²) in [6.45, 7) is 9.99. The Morgan fingerprint density at radius 3 is 2.52 bits per heavy atom. The van der Waals surface area contributed by atoms with Crippen LogP contribution in [0.3, 0.4) is 0 Å². The molecule has 1 amide bonds. The lowest BCUT2D eigenvalue weighted by Gasteiger charge is -2.32. The third kappa shape index (κ3) is 6.13. The van der Waals surface area contributed by atoms with Gasteiger partial charge in [-0.3, -0.25) is 4.79 Å². The summed E-state index contributed by atoms with van der Waals surface area (Å²) in [4.78, 5) is 19.9. The Kier molecular flexibility index (Phi) is 8.89. The molecule has 9 heteroatoms. The third-order valence-electron chi connectivity index (χ3n) is 6.64. The highest BCUT2D eigenvalue weighted by Gasteiger charge is 2.23. The van der Waals surface area contributed by atoms with Crippen LogP contribution in [0.15, 0.2) is 23.1 Å². The minimum atomic E-state index is -3.53. The molecule has 0 spiro atoms. The summed E-state index contributed by atoms with van der Waals surface area (Å²) in [6.07, 6.45) is 5.35. The lowest BCUT2D eigenvalue weighted by atomic mass is 10.0. The number of carbonyl (C=O) groups excluding carboxylic acids is 1. The maximum Gasteiger partial charge on any atom is 0.243 e. The highest BCUT2D eigenvalue weighted by molar-refractivity contribution is 7.89. The molecule has 1 aliphatic rings. The number of nitrogens with zero attached hydrogens (tertiary/aromatic N) is 4. The molecule has 0 unspecified atom stereocenters. The molecule has 184 valence electrons. The number of amides is 1. The van der Waals surface area contributed by atoms with Crippen LogP contribution in [0, 0.1) is 0 Å². The van der Waals surface area contributed by atoms with E-state index in [9.17, 15) is 13.2 Å². The normalized spacial score (nSPS) is 16.0. The van der Waals surface area contributed by atoms with E-state index < -0.39 is 10.0 Å². The Hall–Kier alpha value is -1.97. The predicted octanol–water partition coefficient (Wildman–Crippen LogP) is 2.92. The predicted molar refractivity (Wildman–Crippen MR) is 132 cm³/mol. The summed E-state index contributed by atoms with van der Waals surface area (Å²) in [5.41, 5.74) is 1.50. The maximum absolute atomic E-state index is 12.8. The van der Waals surface area contributed by atoms with Crippen molar-refractivity contribution < 1.29 is 13.2 Å². The van der Waals surface area contributed by atoms with Gasteiger partial charge in [-0.25, -0.2) is 13.4 Å². The Morgan fingerprint density at radius 2 is 1.88 bits per heavy atom. The smallest absolute Gasteiger partial charge is 0.243 e. The lowest BCUT2D eigenvalue weighted by molar-refractivity contribution is -0.122. The quantitative estimate of drug-likeness (QED) is 0.538. The van der Waals surface area contributed by atoms with Crippen LogP contribution >= 0.6 is 0 Å². The van der Waals surface area contributed by atoms with Crippen LogP contribution in [0.4, 0.5) is 0 Å². The van der Waals surface area contributed by atoms with Gasteiger partial charge in [-0.15, -0.1) is 0 Å². The fraction of sp³-hybridized carbons (Fsp3) is 0.667. The standard InChI is InChI=1S/C24H39N5O3S/c1-5-8-15-28-16-13-19(14-17-28)25-24(30)12-11-23-26-21-18-20(9-10-22(21)27(23)4)33(31,32)29(6-2)7-3/h9-10,18-19H,5-8,11-17H2,1-4H3,(H,25,30). The van der Waals surface area contributed by atoms with Crippen molar-refractivity contribution in [1.29, 1.82) is 0 Å². The summed E-state index contributed by atoms with van der Waals surface area (Å²) < 4.78 is 29.1. The van der Waals surface area contributed by atoms with Crippen LogP contribution in [-0.2, 0) is 28.3 Å². The molecule has 0 bridgehead atoms. The number of imidazole rings is 1. The minimum Gasteiger partial charge on any atom is -0.353 e. The molecule has 1 aromatic carbocycles. The lowest BCUT2D eigenvalue weighted by Crippen LogP contribution is -2.44. The summed E-state index contributed by atoms with van der Waals surface area (Å²) in [5, 5.41) is 3.19. The number of aryl methyl sites for hydroxylation is 2. The number of benzene rings is 1. The number of rotatable bonds is 11. The van der Waals surface area contributed by atoms with Gasteiger partial charge in [0.1, 0.15) is 5.82 Å². The molecule has 0 aliphatic carbocycles. The summed E-state index contributed by atoms with van der Waals surface area (Å²) in [6, 6.07) is 5.33. The molecule has 0 atom stereocenters. The van der Waals surface area contributed by atoms with Crippen molar-refractivity contribution in [2.24, 2.45) is 7.05 Å². The Bertz CT molecular complexity index is 1040. The fourth-order valence-electron chi connectivity index (χ4n) is 4.53. The SMILES string of the molecule is CCCCN1CCC(NC(=O)CCc2nc3cc(S(=O)(=O)N(CC)CC)ccc3n2C)CC1. The van der Waals surface area contributed by atoms with E-state index in [-0.39, 0.29) is 16.8 Å². The van der Waals surface area contributed by atoms with Crippen LogP contribution < -0.4 is 5.32 Å². The number of unbranched alkanes of at least 4 members (excludes halogenated alkanes) is 1. The zero-order valence-corrected chi connectivity index (χ0v) is 21.3. The number of piperidine rings is 1. The molecular weight excluding hydrogens is 438 g/mol. The first-order valence-electron chi connectivity index (χ1n) is 12.3. The summed E-state index contributed by atoms with van der Waals surface area (Å²) in [7, 11) is -1.62. The molecule has 3 rings (SSSR count). The molecule has 8 nitrogen and oxygen atoms in total. The Labute approximate surface area is 198 Å². The average Bonchev–Trinajstić information content (AvgIpc) is 3.12. The van der Waals surface area contributed by atoms with E-state index in [1.165, 1.54) is 17.1 Å². The summed E-state index contributed by atoms with van der Waals surface area (Å²) >= 11 is 0. The minimum absolute atomic E-state index is 0.0545. The first kappa shape index (κ1) is 25.6. The Balaban J connectivity index is 1.60. The van der Waals surface area contributed by atoms with E-state index in [4.69, 9.17) is 0 Å². The molecule has 33 heavy (non-hydrogen) atoms. The van der Waals surface area contributed by atoms with E-state index in [2.05, 4.69) is 22.1 Å². The highest BCUT2D eigenvalue weighted by Crippen LogP contribution is 2.23. The van der Waals surface area contributed by atoms with E-state index in [0.29, 0.717) is 31.4 Å². The number of hydrogen-bond acceptors (Lipinski definition) is 5. The zero-order valence-electron chi connectivity index (χ0n) is 20.5. The van der Waals surface area contributed by atoms with Gasteiger partial charge in [0.05, 0.1) is 15.9 Å². The van der Waals surface area contributed by atoms with Crippen molar-refractivity contribution in [2.45, 2.75) is 70.2 Å². The van der Waals surface area contributed by atoms with Crippen LogP contribution in [0.1, 0.15) is 58.7 Å². The van der Waals surface area contributed by atoms with E-state index >= 15 is 0 Å². The van der Waals surface area contributed by atoms with Gasteiger partial charge in [-0.1, -0.05) is 27.2 Å². The number of sulfonamides is 1. The molecular formula is C24H39N5O3S. The van der Waals surface area contributed by atoms with Gasteiger partial charge in [0.15, 0.2) is 0 Å². The molecule has 1 aliphatic heterocycles. The van der Waals surface area contributed by atoms with Crippen molar-refractivity contribution in [1.82, 2.24) is 24.1 Å². The molecule has 1 N–H and O–H groups in total. The van der Waals surface area contributed by atoms with Crippen molar-refractivity contribution in [3.63, 3.8) is 0 Å². The van der Waals surface area contributed by atoms with Crippen LogP contribution in [-0.4, -0.2) is 71.8 Å². The molecule has 1 saturated heterocycles. The second kappa shape index (κ2) is 11.4. The molecule has 0 radical (unpaired) electrons. The van der Waals surface area contributed by atoms with Gasteiger partial charge in [0.25, 0.3) is 0 Å². The van der Waals surface area contributed by atoms with E-state index in [1.807, 2.05) is 25.5 Å². The summed E-state index contributed by atoms with van der Waals surface area (Å²) in [5.74, 6) is 0.839. The second-order valence-electron chi connectivity index (χ2n) is 8.86.